The van der Waals surface area contributed by atoms with Crippen molar-refractivity contribution in [3.8, 4) is 22.3 Å². The Morgan fingerprint density at radius 1 is 0.574 bits per heavy atom. The average Bonchev–Trinajstić information content (AvgIpc) is 3.68. The van der Waals surface area contributed by atoms with E-state index in [0.29, 0.717) is 11.8 Å². The van der Waals surface area contributed by atoms with Gasteiger partial charge in [0.25, 0.3) is 0 Å². The molecular weight excluding hydrogens is 791 g/mol. The summed E-state index contributed by atoms with van der Waals surface area (Å²) in [6.45, 7) is 28.4. The van der Waals surface area contributed by atoms with Gasteiger partial charge in [-0.15, -0.1) is 0 Å². The molecular formula is C50H65Cl2SiZr. The van der Waals surface area contributed by atoms with Gasteiger partial charge in [0.1, 0.15) is 0 Å². The van der Waals surface area contributed by atoms with E-state index in [-0.39, 0.29) is 18.1 Å². The van der Waals surface area contributed by atoms with Crippen LogP contribution in [-0.2, 0) is 15.6 Å². The van der Waals surface area contributed by atoms with Gasteiger partial charge in [0, 0.05) is 0 Å². The van der Waals surface area contributed by atoms with Crippen LogP contribution in [-0.4, -0.2) is 5.92 Å². The Morgan fingerprint density at radius 3 is 1.22 bits per heavy atom. The molecule has 4 unspecified atom stereocenters. The molecule has 4 atom stereocenters. The van der Waals surface area contributed by atoms with Crippen molar-refractivity contribution in [1.82, 2.24) is 0 Å². The van der Waals surface area contributed by atoms with E-state index >= 15 is 0 Å². The molecule has 54 heavy (non-hydrogen) atoms. The van der Waals surface area contributed by atoms with Crippen LogP contribution in [0.4, 0.5) is 0 Å². The van der Waals surface area contributed by atoms with E-state index in [4.69, 9.17) is 17.0 Å². The summed E-state index contributed by atoms with van der Waals surface area (Å²) in [7, 11) is 17.9. The second-order valence-electron chi connectivity index (χ2n) is 19.6. The van der Waals surface area contributed by atoms with Gasteiger partial charge in [0.05, 0.1) is 0 Å². The van der Waals surface area contributed by atoms with Crippen LogP contribution in [0.3, 0.4) is 0 Å². The van der Waals surface area contributed by atoms with Gasteiger partial charge in [-0.25, -0.2) is 0 Å². The summed E-state index contributed by atoms with van der Waals surface area (Å²) in [5.41, 5.74) is 16.5. The number of halogens is 2. The van der Waals surface area contributed by atoms with Gasteiger partial charge in [0.15, 0.2) is 0 Å². The van der Waals surface area contributed by atoms with Crippen molar-refractivity contribution in [2.75, 3.05) is 0 Å². The topological polar surface area (TPSA) is 0 Å². The molecule has 0 nitrogen and oxygen atoms in total. The zero-order valence-corrected chi connectivity index (χ0v) is 40.3. The van der Waals surface area contributed by atoms with Crippen molar-refractivity contribution >= 4 is 35.1 Å². The van der Waals surface area contributed by atoms with Gasteiger partial charge in [-0.05, 0) is 0 Å². The molecule has 0 saturated heterocycles. The number of hydrogen-bond donors (Lipinski definition) is 0. The van der Waals surface area contributed by atoms with Gasteiger partial charge < -0.3 is 0 Å². The van der Waals surface area contributed by atoms with E-state index in [2.05, 4.69) is 179 Å². The van der Waals surface area contributed by atoms with Crippen LogP contribution in [0, 0.1) is 10.8 Å². The zero-order chi connectivity index (χ0) is 39.4. The van der Waals surface area contributed by atoms with Gasteiger partial charge >= 0.3 is 340 Å². The van der Waals surface area contributed by atoms with E-state index < -0.39 is 21.5 Å². The molecule has 0 saturated carbocycles. The Labute approximate surface area is 337 Å². The SMILES string of the molecule is CCC(C)c1ccc(-c2cccc3c2C=C(CC(C)(C)C)[CH]3[Zr]([Cl])([Cl])([CH]2C(CC(C)(C)C)=Cc3c(-c4ccc(C(C)CC)cc4)cccc32)[SiH](C)C)cc1. The van der Waals surface area contributed by atoms with E-state index in [9.17, 15) is 0 Å². The van der Waals surface area contributed by atoms with Gasteiger partial charge in [-0.2, -0.15) is 0 Å². The minimum atomic E-state index is -5.00. The molecule has 2 aliphatic carbocycles. The van der Waals surface area contributed by atoms with Gasteiger partial charge in [-0.1, -0.05) is 0 Å². The molecule has 0 N–H and O–H groups in total. The summed E-state index contributed by atoms with van der Waals surface area (Å²) in [5, 5.41) is 0. The summed E-state index contributed by atoms with van der Waals surface area (Å²) in [5.74, 6) is -0.613. The normalized spacial score (nSPS) is 19.1. The quantitative estimate of drug-likeness (QED) is 0.132. The molecule has 0 bridgehead atoms. The van der Waals surface area contributed by atoms with Crippen LogP contribution in [0.2, 0.25) is 13.1 Å². The van der Waals surface area contributed by atoms with Crippen molar-refractivity contribution in [3.63, 3.8) is 0 Å². The molecule has 0 fully saturated rings. The van der Waals surface area contributed by atoms with Crippen molar-refractivity contribution in [2.45, 2.75) is 127 Å². The second-order valence-corrected chi connectivity index (χ2v) is 62.1. The van der Waals surface area contributed by atoms with Crippen LogP contribution < -0.4 is 0 Å². The molecule has 287 valence electrons. The second kappa shape index (κ2) is 15.4. The molecule has 0 heterocycles. The molecule has 4 aromatic rings. The van der Waals surface area contributed by atoms with Crippen LogP contribution in [0.5, 0.6) is 0 Å². The Kier molecular flexibility index (Phi) is 11.9. The Balaban J connectivity index is 1.58. The van der Waals surface area contributed by atoms with Crippen LogP contribution in [0.1, 0.15) is 147 Å². The molecule has 0 aromatic heterocycles. The fourth-order valence-corrected chi connectivity index (χ4v) is 40.8. The summed E-state index contributed by atoms with van der Waals surface area (Å²) < 4.78 is 0.126. The van der Waals surface area contributed by atoms with Crippen LogP contribution in [0.15, 0.2) is 96.1 Å². The van der Waals surface area contributed by atoms with E-state index in [0.717, 1.165) is 25.7 Å². The number of fused-ring (bicyclic) bond motifs is 2. The third-order valence-corrected chi connectivity index (χ3v) is 64.6. The Hall–Kier alpha value is -1.96. The molecule has 0 radical (unpaired) electrons. The van der Waals surface area contributed by atoms with Crippen molar-refractivity contribution in [3.05, 3.63) is 129 Å². The fraction of sp³-hybridized carbons (Fsp3) is 0.440. The number of hydrogen-bond acceptors (Lipinski definition) is 0. The molecule has 2 aliphatic rings. The standard InChI is InChI=1S/2C24H29.C2H7Si.2ClH.Zr/c2*1-6-17(2)19-10-12-20(13-11-19)22-9-7-8-21-14-18(15-23(21)22)16-24(3,4)5;1-3-2;;;/h2*7-15,17H,6,16H2,1-5H3;3H,1-2H3;2*1H;/q;;;;;+2/p-2. The summed E-state index contributed by atoms with van der Waals surface area (Å²) >= 11 is -5.00. The van der Waals surface area contributed by atoms with E-state index in [1.165, 1.54) is 66.8 Å². The third-order valence-electron chi connectivity index (χ3n) is 12.8. The molecule has 4 aromatic carbocycles. The van der Waals surface area contributed by atoms with Crippen molar-refractivity contribution < 1.29 is 15.6 Å². The first-order valence-corrected chi connectivity index (χ1v) is 37.0. The van der Waals surface area contributed by atoms with Crippen LogP contribution in [0.25, 0.3) is 34.4 Å². The summed E-state index contributed by atoms with van der Waals surface area (Å²) in [6.07, 6.45) is 9.31. The molecule has 0 amide bonds. The molecule has 0 spiro atoms. The third kappa shape index (κ3) is 7.82. The first-order chi connectivity index (χ1) is 25.3. The maximum atomic E-state index is 8.94. The van der Waals surface area contributed by atoms with E-state index in [1.54, 1.807) is 0 Å². The Bertz CT molecular complexity index is 1910. The Morgan fingerprint density at radius 2 is 0.926 bits per heavy atom. The molecule has 4 heteroatoms. The average molecular weight is 856 g/mol. The first kappa shape index (κ1) is 41.7. The zero-order valence-electron chi connectivity index (χ0n) is 35.2. The number of benzene rings is 4. The van der Waals surface area contributed by atoms with Gasteiger partial charge in [-0.3, -0.25) is 0 Å². The number of rotatable bonds is 11. The van der Waals surface area contributed by atoms with Crippen molar-refractivity contribution in [2.24, 2.45) is 10.8 Å². The minimum absolute atomic E-state index is 0.0628. The first-order valence-electron chi connectivity index (χ1n) is 20.7. The molecule has 6 rings (SSSR count). The molecule has 0 aliphatic heterocycles. The summed E-state index contributed by atoms with van der Waals surface area (Å²) in [6, 6.07) is 32.6. The predicted molar refractivity (Wildman–Crippen MR) is 241 cm³/mol. The van der Waals surface area contributed by atoms with Crippen LogP contribution >= 0.6 is 17.0 Å². The maximum absolute atomic E-state index is 8.94. The van der Waals surface area contributed by atoms with Gasteiger partial charge in [0.2, 0.25) is 0 Å². The number of allylic oxidation sites excluding steroid dienone is 2. The van der Waals surface area contributed by atoms with E-state index in [1.807, 2.05) is 0 Å². The van der Waals surface area contributed by atoms with Crippen molar-refractivity contribution in [1.29, 1.82) is 0 Å². The fourth-order valence-electron chi connectivity index (χ4n) is 9.55. The summed E-state index contributed by atoms with van der Waals surface area (Å²) in [4.78, 5) is 0. The monoisotopic (exact) mass is 853 g/mol. The predicted octanol–water partition coefficient (Wildman–Crippen LogP) is 16.5.